The van der Waals surface area contributed by atoms with Gasteiger partial charge in [0, 0.05) is 37.5 Å². The Kier molecular flexibility index (Phi) is 10.7. The van der Waals surface area contributed by atoms with E-state index in [0.29, 0.717) is 22.9 Å². The van der Waals surface area contributed by atoms with Crippen molar-refractivity contribution in [1.82, 2.24) is 0 Å². The third-order valence-electron chi connectivity index (χ3n) is 7.75. The molecule has 0 bridgehead atoms. The van der Waals surface area contributed by atoms with Crippen molar-refractivity contribution < 1.29 is 30.6 Å². The van der Waals surface area contributed by atoms with Crippen LogP contribution in [-0.2, 0) is 11.1 Å². The molecule has 6 aromatic rings. The molecule has 0 atom stereocenters. The van der Waals surface area contributed by atoms with Gasteiger partial charge >= 0.3 is 7.37 Å². The Hall–Kier alpha value is -4.70. The molecule has 6 rings (SSSR count). The number of para-hydroxylation sites is 1. The van der Waals surface area contributed by atoms with Gasteiger partial charge in [0.15, 0.2) is 12.7 Å². The van der Waals surface area contributed by atoms with Gasteiger partial charge in [0.2, 0.25) is 5.52 Å². The van der Waals surface area contributed by atoms with Crippen LogP contribution in [0.2, 0.25) is 0 Å². The number of rotatable bonds is 10. The number of benzene rings is 5. The van der Waals surface area contributed by atoms with Crippen LogP contribution < -0.4 is 41.6 Å². The summed E-state index contributed by atoms with van der Waals surface area (Å²) in [7, 11) is 0.776. The van der Waals surface area contributed by atoms with E-state index in [0.717, 1.165) is 16.6 Å². The first-order valence-corrected chi connectivity index (χ1v) is 16.7. The number of aromatic nitrogens is 1. The Balaban J connectivity index is 0.00000417. The van der Waals surface area contributed by atoms with Gasteiger partial charge in [-0.3, -0.25) is 4.57 Å². The third-order valence-corrected chi connectivity index (χ3v) is 10.2. The predicted octanol–water partition coefficient (Wildman–Crippen LogP) is 5.28. The van der Waals surface area contributed by atoms with Crippen molar-refractivity contribution in [3.05, 3.63) is 175 Å². The van der Waals surface area contributed by atoms with Gasteiger partial charge in [0.25, 0.3) is 0 Å². The second-order valence-electron chi connectivity index (χ2n) is 11.1. The molecule has 6 heteroatoms. The van der Waals surface area contributed by atoms with Crippen molar-refractivity contribution in [2.45, 2.75) is 6.54 Å². The molecule has 5 aromatic carbocycles. The number of allylic oxidation sites excluding steroid dienone is 2. The topological polar surface area (TPSA) is 33.4 Å². The van der Waals surface area contributed by atoms with Crippen molar-refractivity contribution in [3.63, 3.8) is 0 Å². The van der Waals surface area contributed by atoms with E-state index in [9.17, 15) is 4.57 Å². The molecule has 0 aliphatic heterocycles. The molecule has 0 aliphatic rings. The zero-order valence-electron chi connectivity index (χ0n) is 25.9. The zero-order chi connectivity index (χ0) is 31.1. The Labute approximate surface area is 282 Å². The van der Waals surface area contributed by atoms with E-state index in [-0.39, 0.29) is 17.0 Å². The highest BCUT2D eigenvalue weighted by atomic mass is 79.9. The Morgan fingerprint density at radius 3 is 1.89 bits per heavy atom. The molecule has 0 aliphatic carbocycles. The summed E-state index contributed by atoms with van der Waals surface area (Å²) in [5, 5.41) is 2.53. The molecule has 0 unspecified atom stereocenters. The summed E-state index contributed by atoms with van der Waals surface area (Å²) < 4.78 is 22.8. The Bertz CT molecular complexity index is 1950. The summed E-state index contributed by atoms with van der Waals surface area (Å²) in [5.74, 6) is 0.576. The normalized spacial score (nSPS) is 11.5. The van der Waals surface area contributed by atoms with Crippen molar-refractivity contribution in [3.8, 4) is 5.75 Å². The fourth-order valence-corrected chi connectivity index (χ4v) is 7.36. The number of hydrogen-bond donors (Lipinski definition) is 0. The predicted molar refractivity (Wildman–Crippen MR) is 189 cm³/mol. The molecular weight excluding hydrogens is 651 g/mol. The smallest absolute Gasteiger partial charge is 0.306 e. The van der Waals surface area contributed by atoms with E-state index >= 15 is 0 Å². The number of halogens is 1. The molecule has 0 amide bonds. The van der Waals surface area contributed by atoms with Crippen LogP contribution >= 0.6 is 7.37 Å². The third kappa shape index (κ3) is 7.56. The van der Waals surface area contributed by atoms with Gasteiger partial charge < -0.3 is 26.4 Å². The lowest BCUT2D eigenvalue weighted by atomic mass is 10.1. The van der Waals surface area contributed by atoms with E-state index in [1.165, 1.54) is 16.6 Å². The zero-order valence-corrected chi connectivity index (χ0v) is 28.4. The summed E-state index contributed by atoms with van der Waals surface area (Å²) in [6, 6.07) is 45.9. The molecule has 230 valence electrons. The van der Waals surface area contributed by atoms with Crippen LogP contribution in [0.25, 0.3) is 23.1 Å². The lowest BCUT2D eigenvalue weighted by Crippen LogP contribution is -3.00. The average molecular weight is 688 g/mol. The molecule has 1 heterocycles. The van der Waals surface area contributed by atoms with Crippen LogP contribution in [0.3, 0.4) is 0 Å². The van der Waals surface area contributed by atoms with E-state index in [4.69, 9.17) is 4.52 Å². The molecule has 0 saturated heterocycles. The van der Waals surface area contributed by atoms with Crippen LogP contribution in [0.15, 0.2) is 158 Å². The maximum Gasteiger partial charge on any atom is 0.306 e. The second kappa shape index (κ2) is 15.1. The maximum absolute atomic E-state index is 14.3. The highest BCUT2D eigenvalue weighted by Gasteiger charge is 2.30. The van der Waals surface area contributed by atoms with Crippen LogP contribution in [0.5, 0.6) is 5.75 Å². The number of anilines is 1. The molecular formula is C40H36BrN2O2P. The fraction of sp³-hybridized carbons (Fsp3) is 0.0750. The molecule has 46 heavy (non-hydrogen) atoms. The number of nitrogens with zero attached hydrogens (tertiary/aromatic N) is 2. The van der Waals surface area contributed by atoms with Gasteiger partial charge in [-0.15, -0.1) is 0 Å². The highest BCUT2D eigenvalue weighted by molar-refractivity contribution is 7.74. The minimum Gasteiger partial charge on any atom is -1.00 e. The summed E-state index contributed by atoms with van der Waals surface area (Å²) in [6.07, 6.45) is 10.6. The molecule has 0 saturated carbocycles. The van der Waals surface area contributed by atoms with Crippen molar-refractivity contribution in [2.24, 2.45) is 0 Å². The van der Waals surface area contributed by atoms with Crippen molar-refractivity contribution in [1.29, 1.82) is 0 Å². The molecule has 0 fully saturated rings. The van der Waals surface area contributed by atoms with Gasteiger partial charge in [-0.25, -0.2) is 0 Å². The van der Waals surface area contributed by atoms with Crippen LogP contribution in [0.4, 0.5) is 5.69 Å². The van der Waals surface area contributed by atoms with Gasteiger partial charge in [0.05, 0.1) is 16.0 Å². The largest absolute Gasteiger partial charge is 1.00 e. The molecule has 0 N–H and O–H groups in total. The maximum atomic E-state index is 14.3. The summed E-state index contributed by atoms with van der Waals surface area (Å²) >= 11 is 0. The van der Waals surface area contributed by atoms with Gasteiger partial charge in [-0.1, -0.05) is 85.0 Å². The van der Waals surface area contributed by atoms with Crippen LogP contribution in [0, 0.1) is 0 Å². The van der Waals surface area contributed by atoms with Gasteiger partial charge in [-0.05, 0) is 77.9 Å². The number of pyridine rings is 1. The molecule has 0 radical (unpaired) electrons. The fourth-order valence-electron chi connectivity index (χ4n) is 5.31. The number of fused-ring (bicyclic) bond motifs is 1. The van der Waals surface area contributed by atoms with Crippen LogP contribution in [0.1, 0.15) is 16.7 Å². The summed E-state index contributed by atoms with van der Waals surface area (Å²) in [6.45, 7) is 0.697. The van der Waals surface area contributed by atoms with Gasteiger partial charge in [-0.2, -0.15) is 4.57 Å². The molecule has 1 aromatic heterocycles. The minimum atomic E-state index is -3.32. The lowest BCUT2D eigenvalue weighted by molar-refractivity contribution is -0.662. The standard InChI is InChI=1S/C40H36N2O2P.BrH/c1-41(2)35-25-21-32(22-26-35)13-9-10-14-34-29-30-42(40-20-12-11-19-39(34)40)31-33-23-27-36(28-24-33)44-45(43,37-15-5-3-6-16-37)38-17-7-4-8-18-38;/h3-30H,31H2,1-2H3;1H/q+1;/p-1. The number of hydrogen-bond acceptors (Lipinski definition) is 3. The highest BCUT2D eigenvalue weighted by Crippen LogP contribution is 2.45. The minimum absolute atomic E-state index is 0. The van der Waals surface area contributed by atoms with Crippen molar-refractivity contribution >= 4 is 46.7 Å². The second-order valence-corrected chi connectivity index (χ2v) is 13.4. The lowest BCUT2D eigenvalue weighted by Gasteiger charge is -2.20. The monoisotopic (exact) mass is 686 g/mol. The van der Waals surface area contributed by atoms with E-state index < -0.39 is 7.37 Å². The quantitative estimate of drug-likeness (QED) is 0.112. The Morgan fingerprint density at radius 1 is 0.674 bits per heavy atom. The van der Waals surface area contributed by atoms with E-state index in [1.54, 1.807) is 0 Å². The molecule has 4 nitrogen and oxygen atoms in total. The first kappa shape index (κ1) is 32.7. The average Bonchev–Trinajstić information content (AvgIpc) is 3.09. The van der Waals surface area contributed by atoms with E-state index in [2.05, 4.69) is 94.6 Å². The first-order valence-electron chi connectivity index (χ1n) is 15.0. The summed E-state index contributed by atoms with van der Waals surface area (Å²) in [4.78, 5) is 2.10. The SMILES string of the molecule is CN(C)c1ccc(/C=C/C=C/c2cc[n+](Cc3ccc(OP(=O)(c4ccccc4)c4ccccc4)cc3)c3ccccc23)cc1.[Br-]. The first-order chi connectivity index (χ1) is 22.0. The van der Waals surface area contributed by atoms with Crippen molar-refractivity contribution in [2.75, 3.05) is 19.0 Å². The van der Waals surface area contributed by atoms with Gasteiger partial charge in [0.1, 0.15) is 5.75 Å². The Morgan fingerprint density at radius 2 is 1.26 bits per heavy atom. The summed E-state index contributed by atoms with van der Waals surface area (Å²) in [5.41, 5.74) is 5.79. The van der Waals surface area contributed by atoms with E-state index in [1.807, 2.05) is 99.0 Å². The molecule has 0 spiro atoms. The van der Waals surface area contributed by atoms with Crippen LogP contribution in [-0.4, -0.2) is 14.1 Å².